The maximum absolute atomic E-state index is 12.2. The van der Waals surface area contributed by atoms with Crippen molar-refractivity contribution < 1.29 is 19.0 Å². The van der Waals surface area contributed by atoms with E-state index in [9.17, 15) is 4.79 Å². The number of hydrogen-bond donors (Lipinski definition) is 1. The summed E-state index contributed by atoms with van der Waals surface area (Å²) in [6.07, 6.45) is 0. The number of thioether (sulfide) groups is 1. The fourth-order valence-electron chi connectivity index (χ4n) is 2.44. The summed E-state index contributed by atoms with van der Waals surface area (Å²) in [5, 5.41) is 2.92. The van der Waals surface area contributed by atoms with Crippen molar-refractivity contribution in [2.75, 3.05) is 27.1 Å². The van der Waals surface area contributed by atoms with Gasteiger partial charge in [-0.15, -0.1) is 11.8 Å². The first kappa shape index (κ1) is 20.0. The Balaban J connectivity index is 1.95. The molecule has 1 amide bonds. The number of ether oxygens (including phenoxy) is 3. The summed E-state index contributed by atoms with van der Waals surface area (Å²) in [7, 11) is 4.70. The summed E-state index contributed by atoms with van der Waals surface area (Å²) < 4.78 is 16.0. The van der Waals surface area contributed by atoms with Crippen LogP contribution in [-0.4, -0.2) is 33.0 Å². The average Bonchev–Trinajstić information content (AvgIpc) is 2.66. The topological polar surface area (TPSA) is 56.8 Å². The predicted octanol–water partition coefficient (Wildman–Crippen LogP) is 3.74. The zero-order valence-electron chi connectivity index (χ0n) is 15.8. The van der Waals surface area contributed by atoms with Gasteiger partial charge in [0.25, 0.3) is 0 Å². The highest BCUT2D eigenvalue weighted by Gasteiger charge is 2.13. The highest BCUT2D eigenvalue weighted by molar-refractivity contribution is 8.00. The van der Waals surface area contributed by atoms with Gasteiger partial charge < -0.3 is 19.5 Å². The zero-order valence-corrected chi connectivity index (χ0v) is 16.7. The van der Waals surface area contributed by atoms with E-state index in [-0.39, 0.29) is 5.91 Å². The van der Waals surface area contributed by atoms with Crippen LogP contribution in [-0.2, 0) is 11.3 Å². The molecular weight excluding hydrogens is 350 g/mol. The molecule has 2 aromatic rings. The molecule has 0 saturated heterocycles. The first-order chi connectivity index (χ1) is 12.5. The summed E-state index contributed by atoms with van der Waals surface area (Å²) in [6, 6.07) is 9.88. The standard InChI is InChI=1S/C20H25NO4S/c1-13-6-7-16(8-14(13)2)26-12-19(22)21-11-15-9-17(23-3)20(25-5)18(10-15)24-4/h6-10H,11-12H2,1-5H3,(H,21,22). The Morgan fingerprint density at radius 2 is 1.62 bits per heavy atom. The maximum Gasteiger partial charge on any atom is 0.230 e. The van der Waals surface area contributed by atoms with Gasteiger partial charge >= 0.3 is 0 Å². The van der Waals surface area contributed by atoms with Gasteiger partial charge in [-0.05, 0) is 54.8 Å². The lowest BCUT2D eigenvalue weighted by atomic mass is 10.1. The molecule has 0 aliphatic carbocycles. The largest absolute Gasteiger partial charge is 0.493 e. The first-order valence-corrected chi connectivity index (χ1v) is 9.22. The first-order valence-electron chi connectivity index (χ1n) is 8.24. The predicted molar refractivity (Wildman–Crippen MR) is 105 cm³/mol. The Labute approximate surface area is 159 Å². The third-order valence-corrected chi connectivity index (χ3v) is 5.06. The highest BCUT2D eigenvalue weighted by atomic mass is 32.2. The minimum Gasteiger partial charge on any atom is -0.493 e. The summed E-state index contributed by atoms with van der Waals surface area (Å²) in [5.74, 6) is 2.02. The molecule has 0 radical (unpaired) electrons. The van der Waals surface area contributed by atoms with Gasteiger partial charge in [-0.1, -0.05) is 6.07 Å². The lowest BCUT2D eigenvalue weighted by Gasteiger charge is -2.14. The lowest BCUT2D eigenvalue weighted by molar-refractivity contribution is -0.118. The summed E-state index contributed by atoms with van der Waals surface area (Å²) in [4.78, 5) is 13.2. The van der Waals surface area contributed by atoms with Crippen molar-refractivity contribution in [3.05, 3.63) is 47.0 Å². The van der Waals surface area contributed by atoms with E-state index in [0.717, 1.165) is 10.5 Å². The van der Waals surface area contributed by atoms with E-state index in [4.69, 9.17) is 14.2 Å². The van der Waals surface area contributed by atoms with Crippen molar-refractivity contribution in [2.45, 2.75) is 25.3 Å². The van der Waals surface area contributed by atoms with E-state index in [0.29, 0.717) is 29.5 Å². The van der Waals surface area contributed by atoms with Gasteiger partial charge in [0.2, 0.25) is 11.7 Å². The van der Waals surface area contributed by atoms with Gasteiger partial charge in [0.1, 0.15) is 0 Å². The Bertz CT molecular complexity index is 751. The van der Waals surface area contributed by atoms with Gasteiger partial charge in [0.15, 0.2) is 11.5 Å². The van der Waals surface area contributed by atoms with E-state index < -0.39 is 0 Å². The van der Waals surface area contributed by atoms with Crippen LogP contribution in [0.3, 0.4) is 0 Å². The number of rotatable bonds is 8. The molecule has 0 aliphatic rings. The van der Waals surface area contributed by atoms with Gasteiger partial charge in [-0.3, -0.25) is 4.79 Å². The molecule has 0 unspecified atom stereocenters. The molecule has 0 aromatic heterocycles. The quantitative estimate of drug-likeness (QED) is 0.713. The molecule has 26 heavy (non-hydrogen) atoms. The van der Waals surface area contributed by atoms with Crippen LogP contribution < -0.4 is 19.5 Å². The highest BCUT2D eigenvalue weighted by Crippen LogP contribution is 2.38. The van der Waals surface area contributed by atoms with Crippen LogP contribution in [0.15, 0.2) is 35.2 Å². The monoisotopic (exact) mass is 375 g/mol. The molecule has 6 heteroatoms. The van der Waals surface area contributed by atoms with Crippen LogP contribution in [0.25, 0.3) is 0 Å². The van der Waals surface area contributed by atoms with E-state index in [1.54, 1.807) is 21.3 Å². The molecule has 0 saturated carbocycles. The Kier molecular flexibility index (Phi) is 7.21. The second-order valence-electron chi connectivity index (χ2n) is 5.85. The molecule has 0 aliphatic heterocycles. The van der Waals surface area contributed by atoms with Gasteiger partial charge in [-0.25, -0.2) is 0 Å². The minimum absolute atomic E-state index is 0.0259. The summed E-state index contributed by atoms with van der Waals surface area (Å²) in [6.45, 7) is 4.54. The van der Waals surface area contributed by atoms with Crippen molar-refractivity contribution in [1.29, 1.82) is 0 Å². The van der Waals surface area contributed by atoms with Crippen LogP contribution >= 0.6 is 11.8 Å². The molecule has 1 N–H and O–H groups in total. The van der Waals surface area contributed by atoms with E-state index >= 15 is 0 Å². The average molecular weight is 375 g/mol. The fraction of sp³-hybridized carbons (Fsp3) is 0.350. The Morgan fingerprint density at radius 1 is 0.962 bits per heavy atom. The van der Waals surface area contributed by atoms with Crippen molar-refractivity contribution in [3.63, 3.8) is 0 Å². The van der Waals surface area contributed by atoms with E-state index in [1.165, 1.54) is 22.9 Å². The zero-order chi connectivity index (χ0) is 19.1. The lowest BCUT2D eigenvalue weighted by Crippen LogP contribution is -2.24. The fourth-order valence-corrected chi connectivity index (χ4v) is 3.27. The number of carbonyl (C=O) groups is 1. The molecular formula is C20H25NO4S. The van der Waals surface area contributed by atoms with Crippen molar-refractivity contribution >= 4 is 17.7 Å². The number of methoxy groups -OCH3 is 3. The normalized spacial score (nSPS) is 10.3. The molecule has 0 bridgehead atoms. The van der Waals surface area contributed by atoms with Crippen LogP contribution in [0.2, 0.25) is 0 Å². The van der Waals surface area contributed by atoms with Crippen LogP contribution in [0.1, 0.15) is 16.7 Å². The second kappa shape index (κ2) is 9.38. The number of benzene rings is 2. The molecule has 2 rings (SSSR count). The Hall–Kier alpha value is -2.34. The van der Waals surface area contributed by atoms with E-state index in [1.807, 2.05) is 18.2 Å². The smallest absolute Gasteiger partial charge is 0.230 e. The molecule has 0 heterocycles. The summed E-state index contributed by atoms with van der Waals surface area (Å²) in [5.41, 5.74) is 3.36. The van der Waals surface area contributed by atoms with Crippen molar-refractivity contribution in [1.82, 2.24) is 5.32 Å². The van der Waals surface area contributed by atoms with Crippen molar-refractivity contribution in [3.8, 4) is 17.2 Å². The molecule has 0 fully saturated rings. The molecule has 0 atom stereocenters. The number of carbonyl (C=O) groups excluding carboxylic acids is 1. The molecule has 2 aromatic carbocycles. The molecule has 140 valence electrons. The van der Waals surface area contributed by atoms with Crippen molar-refractivity contribution in [2.24, 2.45) is 0 Å². The van der Waals surface area contributed by atoms with E-state index in [2.05, 4.69) is 31.3 Å². The van der Waals surface area contributed by atoms with Crippen LogP contribution in [0.5, 0.6) is 17.2 Å². The summed E-state index contributed by atoms with van der Waals surface area (Å²) >= 11 is 1.53. The maximum atomic E-state index is 12.2. The van der Waals surface area contributed by atoms with Gasteiger partial charge in [0.05, 0.1) is 27.1 Å². The third kappa shape index (κ3) is 5.08. The number of aryl methyl sites for hydroxylation is 2. The molecule has 5 nitrogen and oxygen atoms in total. The van der Waals surface area contributed by atoms with Gasteiger partial charge in [-0.2, -0.15) is 0 Å². The SMILES string of the molecule is COc1cc(CNC(=O)CSc2ccc(C)c(C)c2)cc(OC)c1OC. The number of nitrogens with one attached hydrogen (secondary N) is 1. The van der Waals surface area contributed by atoms with Crippen LogP contribution in [0, 0.1) is 13.8 Å². The molecule has 0 spiro atoms. The number of hydrogen-bond acceptors (Lipinski definition) is 5. The Morgan fingerprint density at radius 3 is 2.15 bits per heavy atom. The van der Waals surface area contributed by atoms with Crippen LogP contribution in [0.4, 0.5) is 0 Å². The minimum atomic E-state index is -0.0259. The van der Waals surface area contributed by atoms with Gasteiger partial charge in [0, 0.05) is 11.4 Å². The third-order valence-electron chi connectivity index (χ3n) is 4.06. The number of amides is 1. The second-order valence-corrected chi connectivity index (χ2v) is 6.89.